The lowest BCUT2D eigenvalue weighted by molar-refractivity contribution is -0.122. The van der Waals surface area contributed by atoms with Crippen molar-refractivity contribution in [3.05, 3.63) is 42.1 Å². The molecule has 1 aliphatic carbocycles. The van der Waals surface area contributed by atoms with E-state index in [-0.39, 0.29) is 12.3 Å². The first-order valence-corrected chi connectivity index (χ1v) is 8.65. The molecule has 1 aromatic carbocycles. The van der Waals surface area contributed by atoms with Gasteiger partial charge >= 0.3 is 0 Å². The zero-order valence-electron chi connectivity index (χ0n) is 13.8. The molecule has 1 heterocycles. The minimum Gasteiger partial charge on any atom is -0.388 e. The van der Waals surface area contributed by atoms with Gasteiger partial charge in [0.1, 0.15) is 0 Å². The molecule has 3 rings (SSSR count). The van der Waals surface area contributed by atoms with E-state index in [4.69, 9.17) is 4.52 Å². The summed E-state index contributed by atoms with van der Waals surface area (Å²) in [7, 11) is 0. The van der Waals surface area contributed by atoms with E-state index in [9.17, 15) is 9.90 Å². The number of amides is 1. The summed E-state index contributed by atoms with van der Waals surface area (Å²) in [5, 5.41) is 17.4. The van der Waals surface area contributed by atoms with Crippen LogP contribution in [0, 0.1) is 0 Å². The number of carbonyl (C=O) groups excluding carboxylic acids is 1. The Bertz CT molecular complexity index is 658. The van der Waals surface area contributed by atoms with E-state index in [1.165, 1.54) is 0 Å². The summed E-state index contributed by atoms with van der Waals surface area (Å²) in [6, 6.07) is 11.5. The van der Waals surface area contributed by atoms with Crippen LogP contribution in [0.25, 0.3) is 11.3 Å². The van der Waals surface area contributed by atoms with Gasteiger partial charge < -0.3 is 14.9 Å². The number of rotatable bonds is 5. The molecular weight excluding hydrogens is 304 g/mol. The van der Waals surface area contributed by atoms with Crippen LogP contribution in [0.2, 0.25) is 0 Å². The first kappa shape index (κ1) is 16.7. The third kappa shape index (κ3) is 4.45. The maximum Gasteiger partial charge on any atom is 0.226 e. The highest BCUT2D eigenvalue weighted by Gasteiger charge is 2.28. The van der Waals surface area contributed by atoms with E-state index < -0.39 is 5.60 Å². The molecule has 0 spiro atoms. The van der Waals surface area contributed by atoms with Crippen LogP contribution in [0.1, 0.15) is 44.2 Å². The van der Waals surface area contributed by atoms with Crippen molar-refractivity contribution in [2.75, 3.05) is 6.54 Å². The lowest BCUT2D eigenvalue weighted by atomic mass is 9.94. The van der Waals surface area contributed by atoms with Crippen molar-refractivity contribution in [2.45, 2.75) is 50.5 Å². The first-order chi connectivity index (χ1) is 11.6. The first-order valence-electron chi connectivity index (χ1n) is 8.65. The summed E-state index contributed by atoms with van der Waals surface area (Å²) in [6.07, 6.45) is 6.05. The van der Waals surface area contributed by atoms with Gasteiger partial charge in [0.05, 0.1) is 17.7 Å². The Kier molecular flexibility index (Phi) is 5.30. The summed E-state index contributed by atoms with van der Waals surface area (Å²) >= 11 is 0. The molecule has 5 nitrogen and oxygen atoms in total. The third-order valence-corrected chi connectivity index (χ3v) is 4.61. The van der Waals surface area contributed by atoms with E-state index in [2.05, 4.69) is 10.5 Å². The molecule has 0 aliphatic heterocycles. The molecule has 0 saturated heterocycles. The smallest absolute Gasteiger partial charge is 0.226 e. The Morgan fingerprint density at radius 2 is 1.88 bits per heavy atom. The van der Waals surface area contributed by atoms with Crippen molar-refractivity contribution in [2.24, 2.45) is 0 Å². The SMILES string of the molecule is O=C(Cc1cc(-c2ccccc2)on1)NCC1(O)CCCCCC1. The minimum atomic E-state index is -0.759. The zero-order chi connectivity index (χ0) is 16.8. The number of hydrogen-bond acceptors (Lipinski definition) is 4. The number of carbonyl (C=O) groups is 1. The Morgan fingerprint density at radius 3 is 2.58 bits per heavy atom. The van der Waals surface area contributed by atoms with Crippen LogP contribution in [0.3, 0.4) is 0 Å². The molecule has 2 N–H and O–H groups in total. The van der Waals surface area contributed by atoms with E-state index in [0.29, 0.717) is 18.0 Å². The van der Waals surface area contributed by atoms with Gasteiger partial charge in [0.25, 0.3) is 0 Å². The van der Waals surface area contributed by atoms with Crippen LogP contribution in [-0.4, -0.2) is 28.3 Å². The van der Waals surface area contributed by atoms with E-state index >= 15 is 0 Å². The van der Waals surface area contributed by atoms with Crippen LogP contribution in [0.15, 0.2) is 40.9 Å². The second-order valence-corrected chi connectivity index (χ2v) is 6.64. The third-order valence-electron chi connectivity index (χ3n) is 4.61. The summed E-state index contributed by atoms with van der Waals surface area (Å²) in [5.41, 5.74) is 0.772. The maximum atomic E-state index is 12.1. The van der Waals surface area contributed by atoms with Crippen LogP contribution in [0.4, 0.5) is 0 Å². The Balaban J connectivity index is 1.53. The number of nitrogens with one attached hydrogen (secondary N) is 1. The number of benzene rings is 1. The number of nitrogens with zero attached hydrogens (tertiary/aromatic N) is 1. The monoisotopic (exact) mass is 328 g/mol. The Hall–Kier alpha value is -2.14. The van der Waals surface area contributed by atoms with Gasteiger partial charge in [-0.25, -0.2) is 0 Å². The van der Waals surface area contributed by atoms with Crippen molar-refractivity contribution in [1.29, 1.82) is 0 Å². The number of aromatic nitrogens is 1. The van der Waals surface area contributed by atoms with Gasteiger partial charge in [-0.1, -0.05) is 61.2 Å². The predicted octanol–water partition coefficient (Wildman–Crippen LogP) is 3.09. The summed E-state index contributed by atoms with van der Waals surface area (Å²) in [6.45, 7) is 0.315. The van der Waals surface area contributed by atoms with E-state index in [1.54, 1.807) is 6.07 Å². The molecule has 0 radical (unpaired) electrons. The van der Waals surface area contributed by atoms with Crippen LogP contribution >= 0.6 is 0 Å². The van der Waals surface area contributed by atoms with Gasteiger partial charge in [0.15, 0.2) is 5.76 Å². The molecule has 1 amide bonds. The molecule has 1 fully saturated rings. The quantitative estimate of drug-likeness (QED) is 0.827. The lowest BCUT2D eigenvalue weighted by Gasteiger charge is -2.26. The summed E-state index contributed by atoms with van der Waals surface area (Å²) in [5.74, 6) is 0.515. The van der Waals surface area contributed by atoms with Crippen molar-refractivity contribution in [1.82, 2.24) is 10.5 Å². The molecule has 128 valence electrons. The molecule has 0 unspecified atom stereocenters. The van der Waals surface area contributed by atoms with Gasteiger partial charge in [0, 0.05) is 18.2 Å². The number of aliphatic hydroxyl groups is 1. The second-order valence-electron chi connectivity index (χ2n) is 6.64. The molecule has 2 aromatic rings. The fraction of sp³-hybridized carbons (Fsp3) is 0.474. The highest BCUT2D eigenvalue weighted by atomic mass is 16.5. The topological polar surface area (TPSA) is 75.4 Å². The Labute approximate surface area is 142 Å². The largest absolute Gasteiger partial charge is 0.388 e. The van der Waals surface area contributed by atoms with Crippen molar-refractivity contribution >= 4 is 5.91 Å². The fourth-order valence-corrected chi connectivity index (χ4v) is 3.19. The van der Waals surface area contributed by atoms with Gasteiger partial charge in [-0.05, 0) is 12.8 Å². The van der Waals surface area contributed by atoms with Crippen LogP contribution < -0.4 is 5.32 Å². The highest BCUT2D eigenvalue weighted by Crippen LogP contribution is 2.26. The average Bonchev–Trinajstić information content (AvgIpc) is 2.95. The molecule has 0 bridgehead atoms. The van der Waals surface area contributed by atoms with Gasteiger partial charge in [-0.2, -0.15) is 0 Å². The number of hydrogen-bond donors (Lipinski definition) is 2. The molecule has 1 aromatic heterocycles. The van der Waals surface area contributed by atoms with Gasteiger partial charge in [-0.3, -0.25) is 4.79 Å². The molecule has 1 saturated carbocycles. The van der Waals surface area contributed by atoms with Gasteiger partial charge in [0.2, 0.25) is 5.91 Å². The van der Waals surface area contributed by atoms with Gasteiger partial charge in [-0.15, -0.1) is 0 Å². The molecule has 5 heteroatoms. The highest BCUT2D eigenvalue weighted by molar-refractivity contribution is 5.78. The van der Waals surface area contributed by atoms with Crippen molar-refractivity contribution in [3.63, 3.8) is 0 Å². The van der Waals surface area contributed by atoms with Crippen LogP contribution in [-0.2, 0) is 11.2 Å². The molecule has 1 aliphatic rings. The minimum absolute atomic E-state index is 0.138. The normalized spacial score (nSPS) is 17.2. The summed E-state index contributed by atoms with van der Waals surface area (Å²) < 4.78 is 5.30. The average molecular weight is 328 g/mol. The molecule has 0 atom stereocenters. The maximum absolute atomic E-state index is 12.1. The summed E-state index contributed by atoms with van der Waals surface area (Å²) in [4.78, 5) is 12.1. The second kappa shape index (κ2) is 7.62. The standard InChI is InChI=1S/C19H24N2O3/c22-18(20-14-19(23)10-6-1-2-7-11-19)13-16-12-17(24-21-16)15-8-4-3-5-9-15/h3-5,8-9,12,23H,1-2,6-7,10-11,13-14H2,(H,20,22). The van der Waals surface area contributed by atoms with Crippen molar-refractivity contribution < 1.29 is 14.4 Å². The predicted molar refractivity (Wildman–Crippen MR) is 91.3 cm³/mol. The van der Waals surface area contributed by atoms with Crippen molar-refractivity contribution in [3.8, 4) is 11.3 Å². The molecular formula is C19H24N2O3. The molecule has 24 heavy (non-hydrogen) atoms. The van der Waals surface area contributed by atoms with Crippen LogP contribution in [0.5, 0.6) is 0 Å². The van der Waals surface area contributed by atoms with E-state index in [1.807, 2.05) is 30.3 Å². The Morgan fingerprint density at radius 1 is 1.17 bits per heavy atom. The zero-order valence-corrected chi connectivity index (χ0v) is 13.8. The lowest BCUT2D eigenvalue weighted by Crippen LogP contribution is -2.43. The fourth-order valence-electron chi connectivity index (χ4n) is 3.19. The van der Waals surface area contributed by atoms with E-state index in [0.717, 1.165) is 44.1 Å².